The Hall–Kier alpha value is -4.22. The van der Waals surface area contributed by atoms with Gasteiger partial charge in [-0.25, -0.2) is 19.2 Å². The van der Waals surface area contributed by atoms with Crippen molar-refractivity contribution in [3.05, 3.63) is 107 Å². The Labute approximate surface area is 275 Å². The van der Waals surface area contributed by atoms with Gasteiger partial charge in [-0.1, -0.05) is 85.5 Å². The number of esters is 4. The molecule has 47 heavy (non-hydrogen) atoms. The van der Waals surface area contributed by atoms with Crippen molar-refractivity contribution < 1.29 is 44.0 Å². The first kappa shape index (κ1) is 37.2. The Balaban J connectivity index is 0.000000274. The quantitative estimate of drug-likeness (QED) is 0.156. The summed E-state index contributed by atoms with van der Waals surface area (Å²) in [7, 11) is 0. The first-order valence-corrected chi connectivity index (χ1v) is 15.9. The van der Waals surface area contributed by atoms with Crippen LogP contribution in [0, 0.1) is 19.8 Å². The number of ether oxygens (including phenoxy) is 2. The van der Waals surface area contributed by atoms with Gasteiger partial charge in [0.1, 0.15) is 0 Å². The third-order valence-electron chi connectivity index (χ3n) is 8.10. The molecule has 0 spiro atoms. The van der Waals surface area contributed by atoms with Crippen LogP contribution in [0.15, 0.2) is 78.9 Å². The predicted molar refractivity (Wildman–Crippen MR) is 176 cm³/mol. The van der Waals surface area contributed by atoms with Gasteiger partial charge < -0.3 is 29.7 Å². The Bertz CT molecular complexity index is 1370. The number of carbonyl (C=O) groups is 4. The zero-order chi connectivity index (χ0) is 34.3. The highest BCUT2D eigenvalue weighted by molar-refractivity contribution is 6.01. The van der Waals surface area contributed by atoms with Crippen molar-refractivity contribution in [3.8, 4) is 0 Å². The van der Waals surface area contributed by atoms with E-state index in [0.717, 1.165) is 17.7 Å². The molecule has 3 N–H and O–H groups in total. The van der Waals surface area contributed by atoms with E-state index >= 15 is 0 Å². The van der Waals surface area contributed by atoms with Crippen LogP contribution in [0.5, 0.6) is 0 Å². The highest BCUT2D eigenvalue weighted by Crippen LogP contribution is 2.32. The number of nitrogens with zero attached hydrogens (tertiary/aromatic N) is 1. The van der Waals surface area contributed by atoms with E-state index in [-0.39, 0.29) is 11.1 Å². The molecule has 1 aliphatic heterocycles. The monoisotopic (exact) mass is 647 g/mol. The number of hydrogen-bond acceptors (Lipinski definition) is 10. The maximum atomic E-state index is 11.8. The minimum absolute atomic E-state index is 0.0396. The van der Waals surface area contributed by atoms with Crippen LogP contribution in [0.3, 0.4) is 0 Å². The average molecular weight is 648 g/mol. The van der Waals surface area contributed by atoms with Gasteiger partial charge in [-0.05, 0) is 75.5 Å². The van der Waals surface area contributed by atoms with Gasteiger partial charge in [-0.15, -0.1) is 0 Å². The van der Waals surface area contributed by atoms with Crippen molar-refractivity contribution >= 4 is 23.9 Å². The molecule has 0 aliphatic carbocycles. The molecule has 3 aromatic rings. The third-order valence-corrected chi connectivity index (χ3v) is 8.10. The molecule has 10 heteroatoms. The molecule has 0 saturated carbocycles. The maximum absolute atomic E-state index is 11.8. The summed E-state index contributed by atoms with van der Waals surface area (Å²) in [4.78, 5) is 49.8. The second-order valence-corrected chi connectivity index (χ2v) is 11.8. The fourth-order valence-corrected chi connectivity index (χ4v) is 5.28. The number of carbonyl (C=O) groups excluding carboxylic acids is 4. The number of piperidine rings is 1. The lowest BCUT2D eigenvalue weighted by molar-refractivity contribution is -0.166. The zero-order valence-electron chi connectivity index (χ0n) is 27.2. The normalized spacial score (nSPS) is 17.4. The van der Waals surface area contributed by atoms with Gasteiger partial charge in [0.05, 0.1) is 11.1 Å². The second-order valence-electron chi connectivity index (χ2n) is 11.8. The van der Waals surface area contributed by atoms with Gasteiger partial charge in [-0.2, -0.15) is 0 Å². The van der Waals surface area contributed by atoms with Crippen molar-refractivity contribution in [1.82, 2.24) is 4.90 Å². The number of rotatable bonds is 11. The van der Waals surface area contributed by atoms with Crippen LogP contribution in [-0.2, 0) is 19.1 Å². The molecule has 4 rings (SSSR count). The zero-order valence-corrected chi connectivity index (χ0v) is 27.2. The largest absolute Gasteiger partial charge is 0.396 e. The molecular formula is C37H45NO9. The summed E-state index contributed by atoms with van der Waals surface area (Å²) in [5, 5.41) is 29.1. The van der Waals surface area contributed by atoms with E-state index in [1.54, 1.807) is 38.1 Å². The van der Waals surface area contributed by atoms with Crippen LogP contribution >= 0.6 is 0 Å². The molecular weight excluding hydrogens is 602 g/mol. The number of aryl methyl sites for hydroxylation is 2. The van der Waals surface area contributed by atoms with Crippen molar-refractivity contribution in [3.63, 3.8) is 0 Å². The molecule has 3 aromatic carbocycles. The standard InChI is InChI=1S/C20H18O8.C17H27NO/c1-11-3-7-13(8-4-11)17(23)27-19(25)15(21)16(22)20(26)28-18(24)14-9-5-12(2)6-10-14;1-2-3-7-11-18-12-10-17(16(13-18)14-19)15-8-5-4-6-9-15/h3-10,15-16,21-22H,1-2H3;4-6,8-9,16-17,19H,2-3,7,10-14H2,1H3/t;16-,17-/m.0/s1. The van der Waals surface area contributed by atoms with Crippen molar-refractivity contribution in [1.29, 1.82) is 0 Å². The Morgan fingerprint density at radius 3 is 1.70 bits per heavy atom. The fraction of sp³-hybridized carbons (Fsp3) is 0.405. The second kappa shape index (κ2) is 18.8. The molecule has 0 radical (unpaired) electrons. The van der Waals surface area contributed by atoms with Crippen LogP contribution in [0.2, 0.25) is 0 Å². The molecule has 10 nitrogen and oxygen atoms in total. The van der Waals surface area contributed by atoms with Gasteiger partial charge in [-0.3, -0.25) is 0 Å². The van der Waals surface area contributed by atoms with Crippen molar-refractivity contribution in [2.24, 2.45) is 5.92 Å². The predicted octanol–water partition coefficient (Wildman–Crippen LogP) is 4.37. The highest BCUT2D eigenvalue weighted by Gasteiger charge is 2.35. The Morgan fingerprint density at radius 1 is 0.766 bits per heavy atom. The van der Waals surface area contributed by atoms with E-state index in [0.29, 0.717) is 18.4 Å². The molecule has 1 heterocycles. The van der Waals surface area contributed by atoms with Crippen LogP contribution in [0.25, 0.3) is 0 Å². The Morgan fingerprint density at radius 2 is 1.26 bits per heavy atom. The van der Waals surface area contributed by atoms with E-state index < -0.39 is 36.1 Å². The van der Waals surface area contributed by atoms with Crippen LogP contribution in [0.1, 0.15) is 75.9 Å². The molecule has 0 aromatic heterocycles. The minimum atomic E-state index is -2.41. The van der Waals surface area contributed by atoms with Gasteiger partial charge in [0.15, 0.2) is 12.2 Å². The first-order chi connectivity index (χ1) is 22.5. The molecule has 1 saturated heterocycles. The molecule has 0 amide bonds. The summed E-state index contributed by atoms with van der Waals surface area (Å²) < 4.78 is 8.86. The SMILES string of the molecule is CCCCCN1CC[C@@H](c2ccccc2)[C@H](CO)C1.Cc1ccc(C(=O)OC(=O)C(O)C(O)C(=O)OC(=O)c2ccc(C)cc2)cc1. The van der Waals surface area contributed by atoms with E-state index in [2.05, 4.69) is 51.6 Å². The lowest BCUT2D eigenvalue weighted by Crippen LogP contribution is -2.43. The molecule has 252 valence electrons. The lowest BCUT2D eigenvalue weighted by atomic mass is 9.81. The number of likely N-dealkylation sites (tertiary alicyclic amines) is 1. The number of aliphatic hydroxyl groups excluding tert-OH is 3. The molecule has 1 fully saturated rings. The summed E-state index contributed by atoms with van der Waals surface area (Å²) >= 11 is 0. The van der Waals surface area contributed by atoms with Crippen LogP contribution in [-0.4, -0.2) is 82.5 Å². The third kappa shape index (κ3) is 11.5. The number of aliphatic hydroxyl groups is 3. The number of benzene rings is 3. The van der Waals surface area contributed by atoms with Crippen molar-refractivity contribution in [2.75, 3.05) is 26.2 Å². The number of unbranched alkanes of at least 4 members (excludes halogenated alkanes) is 2. The van der Waals surface area contributed by atoms with E-state index in [1.807, 2.05) is 0 Å². The van der Waals surface area contributed by atoms with E-state index in [1.165, 1.54) is 68.6 Å². The number of hydrogen-bond donors (Lipinski definition) is 3. The van der Waals surface area contributed by atoms with Gasteiger partial charge in [0.25, 0.3) is 0 Å². The average Bonchev–Trinajstić information content (AvgIpc) is 3.08. The molecule has 2 unspecified atom stereocenters. The van der Waals surface area contributed by atoms with Gasteiger partial charge in [0, 0.05) is 19.1 Å². The van der Waals surface area contributed by atoms with Gasteiger partial charge >= 0.3 is 23.9 Å². The molecule has 4 atom stereocenters. The Kier molecular flexibility index (Phi) is 14.9. The minimum Gasteiger partial charge on any atom is -0.396 e. The fourth-order valence-electron chi connectivity index (χ4n) is 5.28. The summed E-state index contributed by atoms with van der Waals surface area (Å²) in [6.45, 7) is 9.58. The maximum Gasteiger partial charge on any atom is 0.346 e. The summed E-state index contributed by atoms with van der Waals surface area (Å²) in [5.41, 5.74) is 3.23. The summed E-state index contributed by atoms with van der Waals surface area (Å²) in [6, 6.07) is 22.8. The van der Waals surface area contributed by atoms with Crippen molar-refractivity contribution in [2.45, 2.75) is 64.6 Å². The van der Waals surface area contributed by atoms with Crippen LogP contribution < -0.4 is 0 Å². The molecule has 1 aliphatic rings. The first-order valence-electron chi connectivity index (χ1n) is 15.9. The summed E-state index contributed by atoms with van der Waals surface area (Å²) in [6.07, 6.45) is 0.263. The highest BCUT2D eigenvalue weighted by atomic mass is 16.6. The topological polar surface area (TPSA) is 151 Å². The van der Waals surface area contributed by atoms with E-state index in [9.17, 15) is 34.5 Å². The summed E-state index contributed by atoms with van der Waals surface area (Å²) in [5.74, 6) is -4.32. The molecule has 0 bridgehead atoms. The van der Waals surface area contributed by atoms with Crippen LogP contribution in [0.4, 0.5) is 0 Å². The smallest absolute Gasteiger partial charge is 0.346 e. The van der Waals surface area contributed by atoms with Gasteiger partial charge in [0.2, 0.25) is 0 Å². The lowest BCUT2D eigenvalue weighted by Gasteiger charge is -2.38. The van der Waals surface area contributed by atoms with E-state index in [4.69, 9.17) is 0 Å².